The van der Waals surface area contributed by atoms with Crippen molar-refractivity contribution in [2.45, 2.75) is 32.7 Å². The highest BCUT2D eigenvalue weighted by molar-refractivity contribution is 5.78. The Hall–Kier alpha value is -1.14. The third-order valence-corrected chi connectivity index (χ3v) is 5.73. The van der Waals surface area contributed by atoms with Crippen LogP contribution < -0.4 is 0 Å². The molecule has 2 amide bonds. The van der Waals surface area contributed by atoms with Gasteiger partial charge in [0.25, 0.3) is 0 Å². The van der Waals surface area contributed by atoms with E-state index in [-0.39, 0.29) is 5.91 Å². The normalized spacial score (nSPS) is 30.4. The Morgan fingerprint density at radius 3 is 2.43 bits per heavy atom. The molecule has 0 aliphatic carbocycles. The molecular formula is C17H30N4O2. The average Bonchev–Trinajstić information content (AvgIpc) is 3.11. The van der Waals surface area contributed by atoms with Crippen LogP contribution in [0.4, 0.5) is 0 Å². The average molecular weight is 322 g/mol. The fourth-order valence-electron chi connectivity index (χ4n) is 4.28. The van der Waals surface area contributed by atoms with Gasteiger partial charge in [-0.3, -0.25) is 19.4 Å². The van der Waals surface area contributed by atoms with E-state index in [1.54, 1.807) is 6.92 Å². The van der Waals surface area contributed by atoms with Gasteiger partial charge in [-0.25, -0.2) is 0 Å². The predicted molar refractivity (Wildman–Crippen MR) is 89.0 cm³/mol. The SMILES string of the molecule is CC(=O)N1CCN([C@H]2CN(CCN3CCCC3=O)C[C@@H]2C)CC1. The summed E-state index contributed by atoms with van der Waals surface area (Å²) in [5.74, 6) is 1.18. The summed E-state index contributed by atoms with van der Waals surface area (Å²) in [6.07, 6.45) is 1.76. The van der Waals surface area contributed by atoms with E-state index >= 15 is 0 Å². The minimum Gasteiger partial charge on any atom is -0.341 e. The van der Waals surface area contributed by atoms with Crippen LogP contribution in [0.1, 0.15) is 26.7 Å². The third kappa shape index (κ3) is 3.86. The van der Waals surface area contributed by atoms with Gasteiger partial charge in [-0.2, -0.15) is 0 Å². The van der Waals surface area contributed by atoms with Crippen LogP contribution in [0.3, 0.4) is 0 Å². The molecule has 0 radical (unpaired) electrons. The molecule has 6 nitrogen and oxygen atoms in total. The molecule has 3 aliphatic heterocycles. The van der Waals surface area contributed by atoms with Crippen molar-refractivity contribution in [2.24, 2.45) is 5.92 Å². The first kappa shape index (κ1) is 16.7. The van der Waals surface area contributed by atoms with Crippen molar-refractivity contribution in [3.05, 3.63) is 0 Å². The molecule has 6 heteroatoms. The summed E-state index contributed by atoms with van der Waals surface area (Å²) in [6, 6.07) is 0.596. The van der Waals surface area contributed by atoms with Crippen molar-refractivity contribution in [1.82, 2.24) is 19.6 Å². The van der Waals surface area contributed by atoms with E-state index in [2.05, 4.69) is 16.7 Å². The van der Waals surface area contributed by atoms with Crippen molar-refractivity contribution < 1.29 is 9.59 Å². The summed E-state index contributed by atoms with van der Waals surface area (Å²) >= 11 is 0. The topological polar surface area (TPSA) is 47.1 Å². The van der Waals surface area contributed by atoms with Crippen molar-refractivity contribution in [3.8, 4) is 0 Å². The van der Waals surface area contributed by atoms with Gasteiger partial charge in [0.15, 0.2) is 0 Å². The minimum absolute atomic E-state index is 0.195. The summed E-state index contributed by atoms with van der Waals surface area (Å²) in [5.41, 5.74) is 0. The van der Waals surface area contributed by atoms with E-state index in [1.807, 2.05) is 9.80 Å². The lowest BCUT2D eigenvalue weighted by atomic mass is 10.0. The molecular weight excluding hydrogens is 292 g/mol. The van der Waals surface area contributed by atoms with Crippen LogP contribution in [0.5, 0.6) is 0 Å². The zero-order valence-electron chi connectivity index (χ0n) is 14.5. The molecule has 0 aromatic carbocycles. The second kappa shape index (κ2) is 7.18. The van der Waals surface area contributed by atoms with Crippen molar-refractivity contribution in [3.63, 3.8) is 0 Å². The molecule has 0 aromatic rings. The van der Waals surface area contributed by atoms with Crippen LogP contribution in [0.15, 0.2) is 0 Å². The number of hydrogen-bond acceptors (Lipinski definition) is 4. The fourth-order valence-corrected chi connectivity index (χ4v) is 4.28. The summed E-state index contributed by atoms with van der Waals surface area (Å²) in [5, 5.41) is 0. The Labute approximate surface area is 139 Å². The van der Waals surface area contributed by atoms with E-state index in [9.17, 15) is 9.59 Å². The molecule has 0 bridgehead atoms. The van der Waals surface area contributed by atoms with Crippen molar-refractivity contribution >= 4 is 11.8 Å². The highest BCUT2D eigenvalue weighted by atomic mass is 16.2. The number of hydrogen-bond donors (Lipinski definition) is 0. The lowest BCUT2D eigenvalue weighted by Gasteiger charge is -2.39. The molecule has 0 spiro atoms. The van der Waals surface area contributed by atoms with Crippen LogP contribution in [-0.2, 0) is 9.59 Å². The van der Waals surface area contributed by atoms with Crippen molar-refractivity contribution in [2.75, 3.05) is 58.9 Å². The van der Waals surface area contributed by atoms with Crippen LogP contribution in [0.25, 0.3) is 0 Å². The maximum Gasteiger partial charge on any atom is 0.222 e. The molecule has 0 saturated carbocycles. The Morgan fingerprint density at radius 1 is 1.09 bits per heavy atom. The number of likely N-dealkylation sites (tertiary alicyclic amines) is 2. The molecule has 0 N–H and O–H groups in total. The van der Waals surface area contributed by atoms with Crippen LogP contribution in [0.2, 0.25) is 0 Å². The molecule has 3 heterocycles. The van der Waals surface area contributed by atoms with Crippen molar-refractivity contribution in [1.29, 1.82) is 0 Å². The second-order valence-electron chi connectivity index (χ2n) is 7.33. The van der Waals surface area contributed by atoms with Gasteiger partial charge in [0.2, 0.25) is 11.8 Å². The largest absolute Gasteiger partial charge is 0.341 e. The number of piperazine rings is 1. The summed E-state index contributed by atoms with van der Waals surface area (Å²) in [6.45, 7) is 12.8. The summed E-state index contributed by atoms with van der Waals surface area (Å²) in [4.78, 5) is 32.2. The first-order valence-electron chi connectivity index (χ1n) is 9.04. The van der Waals surface area contributed by atoms with Gasteiger partial charge in [-0.15, -0.1) is 0 Å². The molecule has 0 unspecified atom stereocenters. The van der Waals surface area contributed by atoms with Gasteiger partial charge in [-0.1, -0.05) is 6.92 Å². The Bertz CT molecular complexity index is 448. The molecule has 23 heavy (non-hydrogen) atoms. The van der Waals surface area contributed by atoms with E-state index in [0.29, 0.717) is 17.9 Å². The molecule has 3 aliphatic rings. The van der Waals surface area contributed by atoms with E-state index in [1.165, 1.54) is 0 Å². The standard InChI is InChI=1S/C17H30N4O2/c1-14-12-18(6-7-21-5-3-4-17(21)23)13-16(14)20-10-8-19(9-11-20)15(2)22/h14,16H,3-13H2,1-2H3/t14-,16-/m0/s1. The Morgan fingerprint density at radius 2 is 1.83 bits per heavy atom. The monoisotopic (exact) mass is 322 g/mol. The van der Waals surface area contributed by atoms with Gasteiger partial charge in [0, 0.05) is 78.3 Å². The number of rotatable bonds is 4. The smallest absolute Gasteiger partial charge is 0.222 e. The van der Waals surface area contributed by atoms with Gasteiger partial charge in [-0.05, 0) is 12.3 Å². The van der Waals surface area contributed by atoms with Crippen LogP contribution >= 0.6 is 0 Å². The second-order valence-corrected chi connectivity index (χ2v) is 7.33. The Balaban J connectivity index is 1.45. The predicted octanol–water partition coefficient (Wildman–Crippen LogP) is 0.0932. The lowest BCUT2D eigenvalue weighted by molar-refractivity contribution is -0.131. The van der Waals surface area contributed by atoms with E-state index in [4.69, 9.17) is 0 Å². The Kier molecular flexibility index (Phi) is 5.21. The van der Waals surface area contributed by atoms with Gasteiger partial charge >= 0.3 is 0 Å². The first-order chi connectivity index (χ1) is 11.0. The minimum atomic E-state index is 0.195. The van der Waals surface area contributed by atoms with Gasteiger partial charge < -0.3 is 9.80 Å². The summed E-state index contributed by atoms with van der Waals surface area (Å²) < 4.78 is 0. The van der Waals surface area contributed by atoms with Gasteiger partial charge in [0.1, 0.15) is 0 Å². The highest BCUT2D eigenvalue weighted by Crippen LogP contribution is 2.23. The number of carbonyl (C=O) groups excluding carboxylic acids is 2. The fraction of sp³-hybridized carbons (Fsp3) is 0.882. The molecule has 3 saturated heterocycles. The van der Waals surface area contributed by atoms with E-state index in [0.717, 1.165) is 71.7 Å². The number of amides is 2. The third-order valence-electron chi connectivity index (χ3n) is 5.73. The van der Waals surface area contributed by atoms with Crippen LogP contribution in [0, 0.1) is 5.92 Å². The molecule has 130 valence electrons. The maximum absolute atomic E-state index is 11.7. The summed E-state index contributed by atoms with van der Waals surface area (Å²) in [7, 11) is 0. The number of nitrogens with zero attached hydrogens (tertiary/aromatic N) is 4. The highest BCUT2D eigenvalue weighted by Gasteiger charge is 2.35. The number of carbonyl (C=O) groups is 2. The zero-order valence-corrected chi connectivity index (χ0v) is 14.5. The molecule has 0 aromatic heterocycles. The van der Waals surface area contributed by atoms with E-state index < -0.39 is 0 Å². The lowest BCUT2D eigenvalue weighted by Crippen LogP contribution is -2.53. The maximum atomic E-state index is 11.7. The molecule has 2 atom stereocenters. The molecule has 3 fully saturated rings. The van der Waals surface area contributed by atoms with Gasteiger partial charge in [0.05, 0.1) is 0 Å². The zero-order chi connectivity index (χ0) is 16.4. The first-order valence-corrected chi connectivity index (χ1v) is 9.04. The molecule has 3 rings (SSSR count). The van der Waals surface area contributed by atoms with Crippen LogP contribution in [-0.4, -0.2) is 96.4 Å². The quantitative estimate of drug-likeness (QED) is 0.736.